The van der Waals surface area contributed by atoms with Crippen LogP contribution in [0.4, 0.5) is 11.4 Å². The molecule has 2 amide bonds. The van der Waals surface area contributed by atoms with E-state index < -0.39 is 6.10 Å². The summed E-state index contributed by atoms with van der Waals surface area (Å²) in [4.78, 5) is 29.8. The summed E-state index contributed by atoms with van der Waals surface area (Å²) in [6.07, 6.45) is 2.59. The van der Waals surface area contributed by atoms with E-state index in [2.05, 4.69) is 5.32 Å². The molecule has 0 saturated carbocycles. The van der Waals surface area contributed by atoms with Crippen LogP contribution in [0.25, 0.3) is 0 Å². The Kier molecular flexibility index (Phi) is 6.37. The number of nitrogens with one attached hydrogen (secondary N) is 1. The molecule has 1 fully saturated rings. The molecular weight excluding hydrogens is 414 g/mol. The summed E-state index contributed by atoms with van der Waals surface area (Å²) in [5, 5.41) is 3.46. The van der Waals surface area contributed by atoms with Crippen molar-refractivity contribution < 1.29 is 14.3 Å². The second kappa shape index (κ2) is 9.18. The van der Waals surface area contributed by atoms with Gasteiger partial charge in [0, 0.05) is 13.1 Å². The third-order valence-electron chi connectivity index (χ3n) is 5.84. The molecule has 2 heterocycles. The molecule has 0 unspecified atom stereocenters. The Balaban J connectivity index is 1.51. The Hall–Kier alpha value is -2.73. The Morgan fingerprint density at radius 1 is 1.13 bits per heavy atom. The van der Waals surface area contributed by atoms with Crippen LogP contribution in [0.1, 0.15) is 30.4 Å². The first-order valence-electron chi connectivity index (χ1n) is 10.8. The topological polar surface area (TPSA) is 61.9 Å². The number of likely N-dealkylation sites (tertiary alicyclic amines) is 1. The maximum atomic E-state index is 13.1. The molecule has 0 aliphatic carbocycles. The van der Waals surface area contributed by atoms with Gasteiger partial charge in [-0.15, -0.1) is 0 Å². The minimum atomic E-state index is -0.620. The SMILES string of the molecule is Cc1cc(C)c(NC(=O)CN2C[C@H](C(=O)N3CCCCC3)Oc3ccccc32)c(Cl)c1. The van der Waals surface area contributed by atoms with Crippen LogP contribution in [-0.2, 0) is 9.59 Å². The number of benzene rings is 2. The van der Waals surface area contributed by atoms with Gasteiger partial charge in [0.25, 0.3) is 5.91 Å². The van der Waals surface area contributed by atoms with E-state index in [-0.39, 0.29) is 18.4 Å². The highest BCUT2D eigenvalue weighted by Crippen LogP contribution is 2.34. The number of amides is 2. The van der Waals surface area contributed by atoms with Crippen LogP contribution in [0.5, 0.6) is 5.75 Å². The van der Waals surface area contributed by atoms with Crippen LogP contribution >= 0.6 is 11.6 Å². The fourth-order valence-corrected chi connectivity index (χ4v) is 4.70. The number of hydrogen-bond acceptors (Lipinski definition) is 4. The van der Waals surface area contributed by atoms with Gasteiger partial charge in [0.1, 0.15) is 5.75 Å². The minimum absolute atomic E-state index is 0.00275. The highest BCUT2D eigenvalue weighted by atomic mass is 35.5. The lowest BCUT2D eigenvalue weighted by Crippen LogP contribution is -2.52. The minimum Gasteiger partial charge on any atom is -0.477 e. The number of nitrogens with zero attached hydrogens (tertiary/aromatic N) is 2. The van der Waals surface area contributed by atoms with Crippen molar-refractivity contribution in [2.24, 2.45) is 0 Å². The summed E-state index contributed by atoms with van der Waals surface area (Å²) in [6.45, 7) is 5.87. The van der Waals surface area contributed by atoms with E-state index in [1.54, 1.807) is 0 Å². The molecule has 6 nitrogen and oxygen atoms in total. The zero-order valence-corrected chi connectivity index (χ0v) is 18.7. The van der Waals surface area contributed by atoms with Crippen LogP contribution in [0, 0.1) is 13.8 Å². The largest absolute Gasteiger partial charge is 0.477 e. The second-order valence-electron chi connectivity index (χ2n) is 8.33. The molecule has 2 aromatic rings. The van der Waals surface area contributed by atoms with E-state index in [1.807, 2.05) is 60.0 Å². The molecule has 0 spiro atoms. The van der Waals surface area contributed by atoms with Gasteiger partial charge in [-0.1, -0.05) is 29.8 Å². The fraction of sp³-hybridized carbons (Fsp3) is 0.417. The number of carbonyl (C=O) groups excluding carboxylic acids is 2. The number of ether oxygens (including phenoxy) is 1. The average molecular weight is 442 g/mol. The normalized spacial score (nSPS) is 18.2. The lowest BCUT2D eigenvalue weighted by molar-refractivity contribution is -0.139. The third-order valence-corrected chi connectivity index (χ3v) is 6.13. The molecule has 1 atom stereocenters. The van der Waals surface area contributed by atoms with Crippen molar-refractivity contribution in [1.29, 1.82) is 0 Å². The number of halogens is 1. The van der Waals surface area contributed by atoms with Crippen LogP contribution in [0.3, 0.4) is 0 Å². The first kappa shape index (κ1) is 21.5. The van der Waals surface area contributed by atoms with E-state index in [0.29, 0.717) is 23.0 Å². The maximum absolute atomic E-state index is 13.1. The number of fused-ring (bicyclic) bond motifs is 1. The monoisotopic (exact) mass is 441 g/mol. The molecule has 2 aliphatic rings. The zero-order valence-electron chi connectivity index (χ0n) is 18.0. The Bertz CT molecular complexity index is 965. The molecule has 2 aliphatic heterocycles. The first-order valence-corrected chi connectivity index (χ1v) is 11.2. The van der Waals surface area contributed by atoms with Crippen molar-refractivity contribution in [3.05, 3.63) is 52.5 Å². The van der Waals surface area contributed by atoms with Gasteiger partial charge in [0.2, 0.25) is 5.91 Å². The highest BCUT2D eigenvalue weighted by molar-refractivity contribution is 6.34. The van der Waals surface area contributed by atoms with Gasteiger partial charge < -0.3 is 19.9 Å². The third kappa shape index (κ3) is 4.79. The summed E-state index contributed by atoms with van der Waals surface area (Å²) in [7, 11) is 0. The molecule has 4 rings (SSSR count). The van der Waals surface area contributed by atoms with Gasteiger partial charge in [0.15, 0.2) is 6.10 Å². The summed E-state index contributed by atoms with van der Waals surface area (Å²) in [6, 6.07) is 11.4. The Morgan fingerprint density at radius 2 is 1.87 bits per heavy atom. The van der Waals surface area contributed by atoms with Crippen molar-refractivity contribution in [1.82, 2.24) is 4.90 Å². The number of carbonyl (C=O) groups is 2. The summed E-state index contributed by atoms with van der Waals surface area (Å²) >= 11 is 6.35. The molecule has 164 valence electrons. The van der Waals surface area contributed by atoms with Crippen molar-refractivity contribution in [3.8, 4) is 5.75 Å². The molecule has 0 bridgehead atoms. The zero-order chi connectivity index (χ0) is 22.0. The predicted octanol–water partition coefficient (Wildman–Crippen LogP) is 4.18. The highest BCUT2D eigenvalue weighted by Gasteiger charge is 2.34. The number of rotatable bonds is 4. The molecule has 2 aromatic carbocycles. The number of anilines is 2. The molecule has 1 N–H and O–H groups in total. The standard InChI is InChI=1S/C24H28ClN3O3/c1-16-12-17(2)23(18(25)13-16)26-22(29)15-28-14-21(24(30)27-10-6-3-7-11-27)31-20-9-5-4-8-19(20)28/h4-5,8-9,12-13,21H,3,6-7,10-11,14-15H2,1-2H3,(H,26,29)/t21-/m1/s1. The van der Waals surface area contributed by atoms with Crippen molar-refractivity contribution in [2.45, 2.75) is 39.2 Å². The first-order chi connectivity index (χ1) is 14.9. The van der Waals surface area contributed by atoms with Crippen LogP contribution in [-0.4, -0.2) is 49.0 Å². The number of para-hydroxylation sites is 2. The summed E-state index contributed by atoms with van der Waals surface area (Å²) in [5.74, 6) is 0.438. The van der Waals surface area contributed by atoms with E-state index in [9.17, 15) is 9.59 Å². The molecule has 1 saturated heterocycles. The van der Waals surface area contributed by atoms with Crippen LogP contribution in [0.2, 0.25) is 5.02 Å². The van der Waals surface area contributed by atoms with Gasteiger partial charge in [-0.3, -0.25) is 9.59 Å². The van der Waals surface area contributed by atoms with Crippen LogP contribution < -0.4 is 15.0 Å². The van der Waals surface area contributed by atoms with Gasteiger partial charge in [-0.2, -0.15) is 0 Å². The van der Waals surface area contributed by atoms with E-state index in [1.165, 1.54) is 0 Å². The van der Waals surface area contributed by atoms with Crippen molar-refractivity contribution in [3.63, 3.8) is 0 Å². The molecule has 0 radical (unpaired) electrons. The molecule has 7 heteroatoms. The van der Waals surface area contributed by atoms with Gasteiger partial charge >= 0.3 is 0 Å². The van der Waals surface area contributed by atoms with Crippen molar-refractivity contribution >= 4 is 34.8 Å². The Labute approximate surface area is 188 Å². The molecule has 31 heavy (non-hydrogen) atoms. The van der Waals surface area contributed by atoms with Gasteiger partial charge in [-0.25, -0.2) is 0 Å². The number of hydrogen-bond donors (Lipinski definition) is 1. The van der Waals surface area contributed by atoms with E-state index in [4.69, 9.17) is 16.3 Å². The maximum Gasteiger partial charge on any atom is 0.265 e. The Morgan fingerprint density at radius 3 is 2.61 bits per heavy atom. The number of aryl methyl sites for hydroxylation is 2. The van der Waals surface area contributed by atoms with Gasteiger partial charge in [-0.05, 0) is 62.4 Å². The van der Waals surface area contributed by atoms with Crippen LogP contribution in [0.15, 0.2) is 36.4 Å². The lowest BCUT2D eigenvalue weighted by atomic mass is 10.1. The van der Waals surface area contributed by atoms with E-state index in [0.717, 1.165) is 49.2 Å². The van der Waals surface area contributed by atoms with E-state index >= 15 is 0 Å². The van der Waals surface area contributed by atoms with Crippen molar-refractivity contribution in [2.75, 3.05) is 36.4 Å². The van der Waals surface area contributed by atoms with Gasteiger partial charge in [0.05, 0.1) is 29.5 Å². The second-order valence-corrected chi connectivity index (χ2v) is 8.73. The smallest absolute Gasteiger partial charge is 0.265 e. The average Bonchev–Trinajstić information content (AvgIpc) is 2.76. The predicted molar refractivity (Wildman–Crippen MR) is 123 cm³/mol. The quantitative estimate of drug-likeness (QED) is 0.773. The summed E-state index contributed by atoms with van der Waals surface area (Å²) < 4.78 is 6.04. The molecule has 0 aromatic heterocycles. The molecular formula is C24H28ClN3O3. The number of piperidine rings is 1. The lowest BCUT2D eigenvalue weighted by Gasteiger charge is -2.38. The summed E-state index contributed by atoms with van der Waals surface area (Å²) in [5.41, 5.74) is 3.40. The fourth-order valence-electron chi connectivity index (χ4n) is 4.33.